The van der Waals surface area contributed by atoms with Crippen molar-refractivity contribution in [1.29, 1.82) is 0 Å². The minimum Gasteiger partial charge on any atom is -0.461 e. The predicted molar refractivity (Wildman–Crippen MR) is 101 cm³/mol. The van der Waals surface area contributed by atoms with E-state index in [-0.39, 0.29) is 18.2 Å². The van der Waals surface area contributed by atoms with Gasteiger partial charge in [-0.25, -0.2) is 14.8 Å². The quantitative estimate of drug-likeness (QED) is 0.514. The normalized spacial score (nSPS) is 10.5. The van der Waals surface area contributed by atoms with Gasteiger partial charge in [0.1, 0.15) is 0 Å². The molecule has 1 amide bonds. The fourth-order valence-electron chi connectivity index (χ4n) is 2.23. The Morgan fingerprint density at radius 3 is 3.00 bits per heavy atom. The molecule has 0 aliphatic heterocycles. The van der Waals surface area contributed by atoms with E-state index in [1.54, 1.807) is 36.7 Å². The first-order valence-electron chi connectivity index (χ1n) is 7.74. The van der Waals surface area contributed by atoms with Crippen molar-refractivity contribution in [3.8, 4) is 5.69 Å². The zero-order valence-corrected chi connectivity index (χ0v) is 15.8. The number of amides is 1. The van der Waals surface area contributed by atoms with Crippen molar-refractivity contribution < 1.29 is 14.3 Å². The van der Waals surface area contributed by atoms with Gasteiger partial charge in [-0.15, -0.1) is 11.3 Å². The number of rotatable bonds is 6. The van der Waals surface area contributed by atoms with E-state index < -0.39 is 5.97 Å². The maximum absolute atomic E-state index is 12.5. The molecular formula is C17H16N4O3S2. The Kier molecular flexibility index (Phi) is 5.69. The molecule has 3 aromatic rings. The van der Waals surface area contributed by atoms with Crippen molar-refractivity contribution in [2.24, 2.45) is 0 Å². The first-order chi connectivity index (χ1) is 12.6. The summed E-state index contributed by atoms with van der Waals surface area (Å²) in [6.45, 7) is 2.00. The van der Waals surface area contributed by atoms with Gasteiger partial charge < -0.3 is 4.74 Å². The molecule has 2 aromatic heterocycles. The van der Waals surface area contributed by atoms with Crippen molar-refractivity contribution in [2.45, 2.75) is 12.1 Å². The maximum Gasteiger partial charge on any atom is 0.357 e. The molecule has 0 atom stereocenters. The Morgan fingerprint density at radius 2 is 2.23 bits per heavy atom. The number of hydrogen-bond donors (Lipinski definition) is 1. The summed E-state index contributed by atoms with van der Waals surface area (Å²) in [5.41, 5.74) is 1.51. The molecule has 9 heteroatoms. The van der Waals surface area contributed by atoms with Gasteiger partial charge in [-0.05, 0) is 31.4 Å². The first kappa shape index (κ1) is 18.2. The summed E-state index contributed by atoms with van der Waals surface area (Å²) >= 11 is 2.69. The van der Waals surface area contributed by atoms with Crippen LogP contribution in [-0.4, -0.2) is 39.3 Å². The van der Waals surface area contributed by atoms with Crippen LogP contribution in [0.4, 0.5) is 5.13 Å². The van der Waals surface area contributed by atoms with Crippen molar-refractivity contribution in [1.82, 2.24) is 14.5 Å². The summed E-state index contributed by atoms with van der Waals surface area (Å²) in [6, 6.07) is 7.20. The minimum absolute atomic E-state index is 0.184. The van der Waals surface area contributed by atoms with Crippen molar-refractivity contribution in [3.63, 3.8) is 0 Å². The van der Waals surface area contributed by atoms with Gasteiger partial charge in [0, 0.05) is 29.0 Å². The highest BCUT2D eigenvalue weighted by Gasteiger charge is 2.14. The number of benzene rings is 1. The second-order valence-electron chi connectivity index (χ2n) is 5.05. The van der Waals surface area contributed by atoms with Crippen molar-refractivity contribution in [3.05, 3.63) is 53.3 Å². The van der Waals surface area contributed by atoms with E-state index in [0.29, 0.717) is 10.7 Å². The molecule has 0 aliphatic rings. The van der Waals surface area contributed by atoms with E-state index in [1.165, 1.54) is 23.1 Å². The number of imidazole rings is 1. The molecule has 1 aromatic carbocycles. The zero-order chi connectivity index (χ0) is 18.5. The Morgan fingerprint density at radius 1 is 1.38 bits per heavy atom. The number of thiazole rings is 1. The van der Waals surface area contributed by atoms with Crippen LogP contribution in [0.2, 0.25) is 0 Å². The highest BCUT2D eigenvalue weighted by molar-refractivity contribution is 7.98. The topological polar surface area (TPSA) is 86.1 Å². The van der Waals surface area contributed by atoms with Gasteiger partial charge >= 0.3 is 5.97 Å². The zero-order valence-electron chi connectivity index (χ0n) is 14.1. The summed E-state index contributed by atoms with van der Waals surface area (Å²) in [5, 5.41) is 5.44. The monoisotopic (exact) mass is 388 g/mol. The van der Waals surface area contributed by atoms with Crippen LogP contribution >= 0.6 is 23.1 Å². The second-order valence-corrected chi connectivity index (χ2v) is 6.68. The summed E-state index contributed by atoms with van der Waals surface area (Å²) in [5.74, 6) is -0.807. The van der Waals surface area contributed by atoms with Crippen LogP contribution in [-0.2, 0) is 4.74 Å². The molecule has 7 nitrogen and oxygen atoms in total. The van der Waals surface area contributed by atoms with Gasteiger partial charge in [0.25, 0.3) is 5.91 Å². The number of carbonyl (C=O) groups excluding carboxylic acids is 2. The van der Waals surface area contributed by atoms with Gasteiger partial charge in [-0.3, -0.25) is 14.7 Å². The average molecular weight is 388 g/mol. The number of nitrogens with zero attached hydrogens (tertiary/aromatic N) is 3. The van der Waals surface area contributed by atoms with Crippen LogP contribution in [0, 0.1) is 0 Å². The van der Waals surface area contributed by atoms with Crippen LogP contribution in [0.1, 0.15) is 27.8 Å². The van der Waals surface area contributed by atoms with E-state index in [9.17, 15) is 9.59 Å². The predicted octanol–water partition coefficient (Wildman–Crippen LogP) is 3.48. The van der Waals surface area contributed by atoms with E-state index >= 15 is 0 Å². The highest BCUT2D eigenvalue weighted by atomic mass is 32.2. The van der Waals surface area contributed by atoms with Crippen molar-refractivity contribution in [2.75, 3.05) is 18.2 Å². The minimum atomic E-state index is -0.504. The number of aromatic nitrogens is 3. The number of thioether (sulfide) groups is 1. The summed E-state index contributed by atoms with van der Waals surface area (Å²) < 4.78 is 6.80. The summed E-state index contributed by atoms with van der Waals surface area (Å²) in [4.78, 5) is 32.5. The number of hydrogen-bond acceptors (Lipinski definition) is 7. The molecule has 0 spiro atoms. The molecule has 0 bridgehead atoms. The Bertz CT molecular complexity index is 935. The molecule has 0 fully saturated rings. The van der Waals surface area contributed by atoms with Crippen LogP contribution < -0.4 is 5.32 Å². The highest BCUT2D eigenvalue weighted by Crippen LogP contribution is 2.21. The molecule has 2 heterocycles. The lowest BCUT2D eigenvalue weighted by Gasteiger charge is -2.08. The molecule has 1 N–H and O–H groups in total. The number of anilines is 1. The van der Waals surface area contributed by atoms with Gasteiger partial charge in [0.05, 0.1) is 6.61 Å². The number of carbonyl (C=O) groups is 2. The number of ether oxygens (including phenoxy) is 1. The average Bonchev–Trinajstić information content (AvgIpc) is 3.31. The third kappa shape index (κ3) is 3.94. The number of nitrogens with one attached hydrogen (secondary N) is 1. The van der Waals surface area contributed by atoms with E-state index in [0.717, 1.165) is 10.8 Å². The SMILES string of the molecule is CCOC(=O)c1csc(NC(=O)c2cccc(-n3ccnc3SC)c2)n1. The standard InChI is InChI=1S/C17H16N4O3S2/c1-3-24-15(23)13-10-26-16(19-13)20-14(22)11-5-4-6-12(9-11)21-8-7-18-17(21)25-2/h4-10H,3H2,1-2H3,(H,19,20,22). The fourth-order valence-corrected chi connectivity index (χ4v) is 3.44. The second kappa shape index (κ2) is 8.15. The largest absolute Gasteiger partial charge is 0.461 e. The third-order valence-corrected chi connectivity index (χ3v) is 4.81. The Hall–Kier alpha value is -2.65. The molecule has 0 aliphatic carbocycles. The van der Waals surface area contributed by atoms with Crippen LogP contribution in [0.15, 0.2) is 47.2 Å². The summed E-state index contributed by atoms with van der Waals surface area (Å²) in [6.07, 6.45) is 5.50. The molecule has 0 radical (unpaired) electrons. The smallest absolute Gasteiger partial charge is 0.357 e. The van der Waals surface area contributed by atoms with Crippen molar-refractivity contribution >= 4 is 40.1 Å². The molecular weight excluding hydrogens is 372 g/mol. The lowest BCUT2D eigenvalue weighted by Crippen LogP contribution is -2.13. The van der Waals surface area contributed by atoms with Gasteiger partial charge in [-0.1, -0.05) is 17.8 Å². The molecule has 26 heavy (non-hydrogen) atoms. The maximum atomic E-state index is 12.5. The summed E-state index contributed by atoms with van der Waals surface area (Å²) in [7, 11) is 0. The number of esters is 1. The Balaban J connectivity index is 1.77. The van der Waals surface area contributed by atoms with Gasteiger partial charge in [0.15, 0.2) is 16.0 Å². The lowest BCUT2D eigenvalue weighted by molar-refractivity contribution is 0.0520. The first-order valence-corrected chi connectivity index (χ1v) is 9.84. The molecule has 134 valence electrons. The molecule has 0 unspecified atom stereocenters. The van der Waals surface area contributed by atoms with E-state index in [2.05, 4.69) is 15.3 Å². The van der Waals surface area contributed by atoms with Crippen LogP contribution in [0.25, 0.3) is 5.69 Å². The molecule has 3 rings (SSSR count). The molecule has 0 saturated carbocycles. The van der Waals surface area contributed by atoms with Gasteiger partial charge in [-0.2, -0.15) is 0 Å². The van der Waals surface area contributed by atoms with Gasteiger partial charge in [0.2, 0.25) is 0 Å². The van der Waals surface area contributed by atoms with E-state index in [1.807, 2.05) is 23.1 Å². The van der Waals surface area contributed by atoms with Crippen LogP contribution in [0.5, 0.6) is 0 Å². The fraction of sp³-hybridized carbons (Fsp3) is 0.176. The lowest BCUT2D eigenvalue weighted by atomic mass is 10.2. The molecule has 0 saturated heterocycles. The van der Waals surface area contributed by atoms with Crippen LogP contribution in [0.3, 0.4) is 0 Å². The Labute approximate surface area is 158 Å². The third-order valence-electron chi connectivity index (χ3n) is 3.39. The van der Waals surface area contributed by atoms with E-state index in [4.69, 9.17) is 4.74 Å².